The van der Waals surface area contributed by atoms with Crippen molar-refractivity contribution in [2.45, 2.75) is 94.4 Å². The van der Waals surface area contributed by atoms with Gasteiger partial charge in [-0.05, 0) is 29.5 Å². The molecule has 5 rings (SSSR count). The Morgan fingerprint density at radius 1 is 0.673 bits per heavy atom. The van der Waals surface area contributed by atoms with Gasteiger partial charge in [0.1, 0.15) is 42.7 Å². The summed E-state index contributed by atoms with van der Waals surface area (Å²) in [6, 6.07) is 29.2. The molecule has 0 saturated carbocycles. The normalized spacial score (nSPS) is 28.6. The molecular weight excluding hydrogens is 712 g/mol. The van der Waals surface area contributed by atoms with Gasteiger partial charge in [0.05, 0.1) is 33.5 Å². The molecule has 2 fully saturated rings. The molecule has 2 saturated heterocycles. The van der Waals surface area contributed by atoms with E-state index in [1.807, 2.05) is 91.0 Å². The predicted octanol–water partition coefficient (Wildman–Crippen LogP) is 4.44. The van der Waals surface area contributed by atoms with Gasteiger partial charge in [-0.2, -0.15) is 0 Å². The molecule has 2 aliphatic heterocycles. The maximum absolute atomic E-state index is 13.3. The number of benzene rings is 3. The summed E-state index contributed by atoms with van der Waals surface area (Å²) in [7, 11) is 5.72. The molecule has 0 aliphatic carbocycles. The summed E-state index contributed by atoms with van der Waals surface area (Å²) in [5, 5.41) is 0. The molecule has 13 heteroatoms. The number of esters is 1. The van der Waals surface area contributed by atoms with E-state index < -0.39 is 73.7 Å². The van der Waals surface area contributed by atoms with E-state index in [4.69, 9.17) is 63.3 Å². The lowest BCUT2D eigenvalue weighted by molar-refractivity contribution is -0.371. The monoisotopic (exact) mass is 764 g/mol. The van der Waals surface area contributed by atoms with Crippen molar-refractivity contribution in [1.29, 1.82) is 0 Å². The summed E-state index contributed by atoms with van der Waals surface area (Å²) < 4.78 is 74.0. The second kappa shape index (κ2) is 22.1. The number of carbonyl (C=O) groups excluding carboxylic acids is 1. The third-order valence-corrected chi connectivity index (χ3v) is 9.29. The van der Waals surface area contributed by atoms with Crippen LogP contribution in [0.3, 0.4) is 0 Å². The van der Waals surface area contributed by atoms with Crippen LogP contribution in [0.1, 0.15) is 23.6 Å². The largest absolute Gasteiger partial charge is 0.467 e. The molecule has 11 atom stereocenters. The second-order valence-electron chi connectivity index (χ2n) is 12.8. The van der Waals surface area contributed by atoms with Crippen molar-refractivity contribution in [2.75, 3.05) is 41.7 Å². The summed E-state index contributed by atoms with van der Waals surface area (Å²) in [4.78, 5) is 13.3. The van der Waals surface area contributed by atoms with Crippen LogP contribution in [0.2, 0.25) is 0 Å². The van der Waals surface area contributed by atoms with Crippen LogP contribution in [0.15, 0.2) is 91.0 Å². The van der Waals surface area contributed by atoms with E-state index in [1.165, 1.54) is 21.3 Å². The predicted molar refractivity (Wildman–Crippen MR) is 198 cm³/mol. The molecule has 11 unspecified atom stereocenters. The lowest BCUT2D eigenvalue weighted by Crippen LogP contribution is -2.67. The van der Waals surface area contributed by atoms with Crippen LogP contribution < -0.4 is 0 Å². The van der Waals surface area contributed by atoms with Crippen LogP contribution in [-0.2, 0) is 81.5 Å². The summed E-state index contributed by atoms with van der Waals surface area (Å²) in [5.74, 6) is 1.69. The molecule has 2 heterocycles. The maximum atomic E-state index is 13.3. The number of terminal acetylenes is 1. The Labute approximate surface area is 323 Å². The third kappa shape index (κ3) is 11.4. The first-order valence-electron chi connectivity index (χ1n) is 18.2. The van der Waals surface area contributed by atoms with Crippen molar-refractivity contribution in [3.05, 3.63) is 108 Å². The Bertz CT molecular complexity index is 1570. The van der Waals surface area contributed by atoms with Crippen LogP contribution in [0.25, 0.3) is 0 Å². The van der Waals surface area contributed by atoms with Gasteiger partial charge in [-0.15, -0.1) is 6.42 Å². The molecule has 3 aromatic carbocycles. The number of carbonyl (C=O) groups is 1. The topological polar surface area (TPSA) is 128 Å². The highest BCUT2D eigenvalue weighted by molar-refractivity contribution is 5.75. The highest BCUT2D eigenvalue weighted by Crippen LogP contribution is 2.36. The van der Waals surface area contributed by atoms with Gasteiger partial charge in [0.15, 0.2) is 18.7 Å². The van der Waals surface area contributed by atoms with Crippen molar-refractivity contribution in [3.63, 3.8) is 0 Å². The molecule has 3 aromatic rings. The minimum absolute atomic E-state index is 0.0679. The molecule has 298 valence electrons. The average Bonchev–Trinajstić information content (AvgIpc) is 3.23. The summed E-state index contributed by atoms with van der Waals surface area (Å²) in [6.07, 6.45) is -5.28. The molecule has 13 nitrogen and oxygen atoms in total. The highest BCUT2D eigenvalue weighted by Gasteiger charge is 2.56. The zero-order valence-electron chi connectivity index (χ0n) is 31.9. The van der Waals surface area contributed by atoms with E-state index >= 15 is 0 Å². The number of hydrogen-bond donors (Lipinski definition) is 0. The van der Waals surface area contributed by atoms with E-state index in [2.05, 4.69) is 5.92 Å². The van der Waals surface area contributed by atoms with E-state index in [-0.39, 0.29) is 26.4 Å². The number of hydrogen-bond acceptors (Lipinski definition) is 13. The summed E-state index contributed by atoms with van der Waals surface area (Å²) in [6.45, 7) is 2.84. The Balaban J connectivity index is 1.51. The zero-order chi connectivity index (χ0) is 39.0. The Morgan fingerprint density at radius 3 is 1.75 bits per heavy atom. The number of ether oxygens (including phenoxy) is 12. The quantitative estimate of drug-likeness (QED) is 0.0915. The van der Waals surface area contributed by atoms with Crippen LogP contribution in [0, 0.1) is 12.3 Å². The maximum Gasteiger partial charge on any atom is 0.337 e. The molecule has 0 spiro atoms. The van der Waals surface area contributed by atoms with Crippen molar-refractivity contribution < 1.29 is 61.6 Å². The molecule has 0 aromatic heterocycles. The fourth-order valence-electron chi connectivity index (χ4n) is 6.60. The van der Waals surface area contributed by atoms with E-state index in [0.29, 0.717) is 6.61 Å². The van der Waals surface area contributed by atoms with Crippen molar-refractivity contribution >= 4 is 5.97 Å². The van der Waals surface area contributed by atoms with Crippen molar-refractivity contribution in [3.8, 4) is 12.3 Å². The minimum Gasteiger partial charge on any atom is -0.467 e. The standard InChI is InChI=1S/C42H52O13/c1-7-32(49-8-2)53-36-34(44-3)38(45-4)42(55-37(36)40(43)46-5)54-33-31(27-48-24-28-18-12-9-13-19-28)52-41(47-6)39(51-26-30-22-16-11-17-23-30)35(33)50-25-29-20-14-10-15-21-29/h1,9-23,31-39,41-42H,8,24-27H2,2-6H3. The first-order valence-corrected chi connectivity index (χ1v) is 18.2. The fraction of sp³-hybridized carbons (Fsp3) is 0.500. The van der Waals surface area contributed by atoms with Gasteiger partial charge in [0.2, 0.25) is 6.29 Å². The van der Waals surface area contributed by atoms with Gasteiger partial charge < -0.3 is 56.8 Å². The SMILES string of the molecule is C#CC(OCC)OC1C(C(=O)OC)OC(OC2C(COCc3ccccc3)OC(OC)C(OCc3ccccc3)C2OCc2ccccc2)C(OC)C1OC. The van der Waals surface area contributed by atoms with Crippen LogP contribution >= 0.6 is 0 Å². The molecule has 0 bridgehead atoms. The molecule has 55 heavy (non-hydrogen) atoms. The lowest BCUT2D eigenvalue weighted by atomic mass is 9.95. The van der Waals surface area contributed by atoms with Gasteiger partial charge in [-0.3, -0.25) is 0 Å². The second-order valence-corrected chi connectivity index (χ2v) is 12.8. The summed E-state index contributed by atoms with van der Waals surface area (Å²) >= 11 is 0. The van der Waals surface area contributed by atoms with Gasteiger partial charge in [0, 0.05) is 27.9 Å². The molecular formula is C42H52O13. The molecule has 2 aliphatic rings. The van der Waals surface area contributed by atoms with E-state index in [1.54, 1.807) is 14.0 Å². The first kappa shape index (κ1) is 42.4. The van der Waals surface area contributed by atoms with Crippen LogP contribution in [0.4, 0.5) is 0 Å². The fourth-order valence-corrected chi connectivity index (χ4v) is 6.60. The minimum atomic E-state index is -1.36. The van der Waals surface area contributed by atoms with E-state index in [9.17, 15) is 4.79 Å². The Morgan fingerprint density at radius 2 is 1.24 bits per heavy atom. The first-order chi connectivity index (χ1) is 26.9. The molecule has 0 N–H and O–H groups in total. The Kier molecular flexibility index (Phi) is 17.0. The van der Waals surface area contributed by atoms with E-state index in [0.717, 1.165) is 16.7 Å². The lowest BCUT2D eigenvalue weighted by Gasteiger charge is -2.49. The zero-order valence-corrected chi connectivity index (χ0v) is 31.9. The summed E-state index contributed by atoms with van der Waals surface area (Å²) in [5.41, 5.74) is 2.83. The Hall–Kier alpha value is -3.75. The highest BCUT2D eigenvalue weighted by atomic mass is 16.8. The third-order valence-electron chi connectivity index (χ3n) is 9.29. The average molecular weight is 765 g/mol. The molecule has 0 radical (unpaired) electrons. The van der Waals surface area contributed by atoms with Crippen molar-refractivity contribution in [1.82, 2.24) is 0 Å². The smallest absolute Gasteiger partial charge is 0.337 e. The van der Waals surface area contributed by atoms with Crippen LogP contribution in [0.5, 0.6) is 0 Å². The van der Waals surface area contributed by atoms with Gasteiger partial charge >= 0.3 is 5.97 Å². The molecule has 0 amide bonds. The van der Waals surface area contributed by atoms with Gasteiger partial charge in [-0.1, -0.05) is 91.0 Å². The van der Waals surface area contributed by atoms with Crippen LogP contribution in [-0.4, -0.2) is 115 Å². The van der Waals surface area contributed by atoms with Gasteiger partial charge in [0.25, 0.3) is 0 Å². The number of methoxy groups -OCH3 is 4. The van der Waals surface area contributed by atoms with Gasteiger partial charge in [-0.25, -0.2) is 4.79 Å². The van der Waals surface area contributed by atoms with Crippen molar-refractivity contribution in [2.24, 2.45) is 0 Å². The number of rotatable bonds is 20.